The summed E-state index contributed by atoms with van der Waals surface area (Å²) < 4.78 is 15.5. The molecule has 0 fully saturated rings. The molecule has 2 aromatic heterocycles. The van der Waals surface area contributed by atoms with E-state index in [4.69, 9.17) is 26.1 Å². The molecule has 39 heavy (non-hydrogen) atoms. The number of aromatic nitrogens is 3. The van der Waals surface area contributed by atoms with Gasteiger partial charge in [-0.1, -0.05) is 29.8 Å². The van der Waals surface area contributed by atoms with Crippen molar-refractivity contribution in [2.24, 2.45) is 7.05 Å². The molecular weight excluding hydrogens is 598 g/mol. The van der Waals surface area contributed by atoms with Crippen LogP contribution in [0.25, 0.3) is 42.8 Å². The number of esters is 1. The molecule has 9 heteroatoms. The average Bonchev–Trinajstić information content (AvgIpc) is 3.42. The average molecular weight is 627 g/mol. The van der Waals surface area contributed by atoms with Gasteiger partial charge in [0, 0.05) is 34.1 Å². The summed E-state index contributed by atoms with van der Waals surface area (Å²) >= 11 is 11.4. The number of rotatable bonds is 6. The van der Waals surface area contributed by atoms with Crippen LogP contribution in [-0.2, 0) is 21.3 Å². The lowest BCUT2D eigenvalue weighted by Gasteiger charge is -2.29. The Morgan fingerprint density at radius 1 is 1.13 bits per heavy atom. The molecule has 0 N–H and O–H groups in total. The molecule has 6 nitrogen and oxygen atoms in total. The van der Waals surface area contributed by atoms with Gasteiger partial charge < -0.3 is 9.47 Å². The lowest BCUT2D eigenvalue weighted by Crippen LogP contribution is -2.29. The van der Waals surface area contributed by atoms with Crippen molar-refractivity contribution in [1.82, 2.24) is 14.8 Å². The third kappa shape index (κ3) is 5.48. The van der Waals surface area contributed by atoms with Crippen LogP contribution in [0.5, 0.6) is 0 Å². The normalized spacial score (nSPS) is 12.8. The summed E-state index contributed by atoms with van der Waals surface area (Å²) in [6.07, 6.45) is -0.909. The number of carbonyl (C=O) groups excluding carboxylic acids is 1. The van der Waals surface area contributed by atoms with Crippen molar-refractivity contribution in [2.75, 3.05) is 6.61 Å². The first kappa shape index (κ1) is 27.8. The van der Waals surface area contributed by atoms with Crippen molar-refractivity contribution >= 4 is 66.0 Å². The molecule has 0 saturated carbocycles. The zero-order valence-electron chi connectivity index (χ0n) is 22.6. The Hall–Kier alpha value is -2.78. The van der Waals surface area contributed by atoms with E-state index in [1.807, 2.05) is 69.8 Å². The third-order valence-electron chi connectivity index (χ3n) is 6.35. The Kier molecular flexibility index (Phi) is 7.59. The molecule has 0 aliphatic rings. The fourth-order valence-corrected chi connectivity index (χ4v) is 6.54. The van der Waals surface area contributed by atoms with Gasteiger partial charge in [-0.15, -0.1) is 11.3 Å². The summed E-state index contributed by atoms with van der Waals surface area (Å²) in [5.41, 5.74) is 5.78. The number of halogens is 2. The molecule has 0 saturated heterocycles. The van der Waals surface area contributed by atoms with E-state index < -0.39 is 17.7 Å². The Morgan fingerprint density at radius 2 is 1.82 bits per heavy atom. The van der Waals surface area contributed by atoms with Gasteiger partial charge in [0.25, 0.3) is 0 Å². The SMILES string of the molecule is CCOC(=O)C(OC(C)(C)C)c1c(C)cc2nc(-c3ccc4c(Br)nn(C)c4c3)sc2c1-c1ccc(Cl)cc1. The van der Waals surface area contributed by atoms with E-state index in [9.17, 15) is 4.79 Å². The molecule has 2 heterocycles. The first-order valence-electron chi connectivity index (χ1n) is 12.6. The minimum absolute atomic E-state index is 0.262. The summed E-state index contributed by atoms with van der Waals surface area (Å²) in [6, 6.07) is 15.9. The zero-order chi connectivity index (χ0) is 28.1. The molecule has 5 rings (SSSR count). The van der Waals surface area contributed by atoms with Gasteiger partial charge in [0.2, 0.25) is 0 Å². The lowest BCUT2D eigenvalue weighted by atomic mass is 9.91. The second kappa shape index (κ2) is 10.7. The summed E-state index contributed by atoms with van der Waals surface area (Å²) in [7, 11) is 1.92. The van der Waals surface area contributed by atoms with E-state index >= 15 is 0 Å². The predicted octanol–water partition coefficient (Wildman–Crippen LogP) is 8.66. The maximum atomic E-state index is 13.3. The fraction of sp³-hybridized carbons (Fsp3) is 0.300. The molecule has 0 aliphatic heterocycles. The van der Waals surface area contributed by atoms with E-state index in [0.29, 0.717) is 5.02 Å². The molecule has 202 valence electrons. The van der Waals surface area contributed by atoms with Crippen LogP contribution in [0, 0.1) is 6.92 Å². The van der Waals surface area contributed by atoms with Crippen molar-refractivity contribution in [1.29, 1.82) is 0 Å². The predicted molar refractivity (Wildman–Crippen MR) is 162 cm³/mol. The highest BCUT2D eigenvalue weighted by atomic mass is 79.9. The summed E-state index contributed by atoms with van der Waals surface area (Å²) in [5, 5.41) is 7.03. The second-order valence-corrected chi connectivity index (χ2v) is 12.6. The van der Waals surface area contributed by atoms with Gasteiger partial charge in [-0.2, -0.15) is 5.10 Å². The number of fused-ring (bicyclic) bond motifs is 2. The number of ether oxygens (including phenoxy) is 2. The van der Waals surface area contributed by atoms with Gasteiger partial charge in [-0.25, -0.2) is 9.78 Å². The van der Waals surface area contributed by atoms with Crippen LogP contribution in [0.4, 0.5) is 0 Å². The van der Waals surface area contributed by atoms with Crippen LogP contribution >= 0.6 is 38.9 Å². The molecule has 0 amide bonds. The van der Waals surface area contributed by atoms with Crippen LogP contribution in [-0.4, -0.2) is 32.9 Å². The van der Waals surface area contributed by atoms with Gasteiger partial charge in [0.15, 0.2) is 6.10 Å². The number of aryl methyl sites for hydroxylation is 2. The first-order chi connectivity index (χ1) is 18.5. The van der Waals surface area contributed by atoms with Gasteiger partial charge in [0.05, 0.1) is 27.9 Å². The summed E-state index contributed by atoms with van der Waals surface area (Å²) in [6.45, 7) is 9.87. The minimum atomic E-state index is -0.909. The standard InChI is InChI=1S/C30H29BrClN3O3S/c1-7-37-29(36)25(38-30(3,4)5)23-16(2)14-21-26(24(23)17-8-11-19(32)12-9-17)39-28(33-21)18-10-13-20-22(15-18)35(6)34-27(20)31/h8-15,25H,7H2,1-6H3. The first-order valence-corrected chi connectivity index (χ1v) is 14.6. The number of carbonyl (C=O) groups is 1. The Bertz CT molecular complexity index is 1700. The van der Waals surface area contributed by atoms with Crippen molar-refractivity contribution < 1.29 is 14.3 Å². The van der Waals surface area contributed by atoms with Crippen LogP contribution in [0.15, 0.2) is 53.1 Å². The zero-order valence-corrected chi connectivity index (χ0v) is 25.8. The van der Waals surface area contributed by atoms with Gasteiger partial charge in [0.1, 0.15) is 9.61 Å². The minimum Gasteiger partial charge on any atom is -0.464 e. The monoisotopic (exact) mass is 625 g/mol. The molecule has 0 aliphatic carbocycles. The number of thiazole rings is 1. The molecule has 5 aromatic rings. The van der Waals surface area contributed by atoms with Crippen LogP contribution in [0.2, 0.25) is 5.02 Å². The molecule has 1 atom stereocenters. The largest absolute Gasteiger partial charge is 0.464 e. The van der Waals surface area contributed by atoms with Crippen LogP contribution < -0.4 is 0 Å². The molecule has 0 bridgehead atoms. The molecular formula is C30H29BrClN3O3S. The van der Waals surface area contributed by atoms with E-state index in [0.717, 1.165) is 58.5 Å². The van der Waals surface area contributed by atoms with Crippen molar-refractivity contribution in [3.05, 3.63) is 69.3 Å². The third-order valence-corrected chi connectivity index (χ3v) is 8.32. The Morgan fingerprint density at radius 3 is 2.49 bits per heavy atom. The topological polar surface area (TPSA) is 66.2 Å². The Balaban J connectivity index is 1.78. The highest BCUT2D eigenvalue weighted by molar-refractivity contribution is 9.10. The summed E-state index contributed by atoms with van der Waals surface area (Å²) in [5.74, 6) is -0.415. The molecule has 0 radical (unpaired) electrons. The van der Waals surface area contributed by atoms with E-state index in [1.54, 1.807) is 18.3 Å². The highest BCUT2D eigenvalue weighted by Crippen LogP contribution is 2.45. The van der Waals surface area contributed by atoms with E-state index in [1.165, 1.54) is 0 Å². The maximum absolute atomic E-state index is 13.3. The molecule has 1 unspecified atom stereocenters. The number of benzene rings is 3. The summed E-state index contributed by atoms with van der Waals surface area (Å²) in [4.78, 5) is 18.4. The van der Waals surface area contributed by atoms with Crippen molar-refractivity contribution in [2.45, 2.75) is 46.3 Å². The highest BCUT2D eigenvalue weighted by Gasteiger charge is 2.33. The van der Waals surface area contributed by atoms with Crippen molar-refractivity contribution in [3.8, 4) is 21.7 Å². The Labute approximate surface area is 245 Å². The van der Waals surface area contributed by atoms with Gasteiger partial charge in [-0.05, 0) is 92.0 Å². The molecule has 0 spiro atoms. The van der Waals surface area contributed by atoms with Crippen LogP contribution in [0.3, 0.4) is 0 Å². The van der Waals surface area contributed by atoms with Crippen LogP contribution in [0.1, 0.15) is 44.9 Å². The van der Waals surface area contributed by atoms with Gasteiger partial charge >= 0.3 is 5.97 Å². The van der Waals surface area contributed by atoms with E-state index in [-0.39, 0.29) is 6.61 Å². The number of hydrogen-bond acceptors (Lipinski definition) is 6. The van der Waals surface area contributed by atoms with Gasteiger partial charge in [-0.3, -0.25) is 4.68 Å². The van der Waals surface area contributed by atoms with Crippen molar-refractivity contribution in [3.63, 3.8) is 0 Å². The molecule has 3 aromatic carbocycles. The second-order valence-electron chi connectivity index (χ2n) is 10.4. The quantitative estimate of drug-likeness (QED) is 0.177. The lowest BCUT2D eigenvalue weighted by molar-refractivity contribution is -0.166. The maximum Gasteiger partial charge on any atom is 0.339 e. The number of hydrogen-bond donors (Lipinski definition) is 0. The number of nitrogens with zero attached hydrogens (tertiary/aromatic N) is 3. The smallest absolute Gasteiger partial charge is 0.339 e. The fourth-order valence-electron chi connectivity index (χ4n) is 4.72. The van der Waals surface area contributed by atoms with E-state index in [2.05, 4.69) is 39.2 Å².